The number of ether oxygens (including phenoxy) is 3. The molecule has 1 atom stereocenters. The Morgan fingerprint density at radius 3 is 2.24 bits per heavy atom. The van der Waals surface area contributed by atoms with Crippen LogP contribution in [0.15, 0.2) is 42.5 Å². The molecule has 0 aliphatic carbocycles. The highest BCUT2D eigenvalue weighted by atomic mass is 16.5. The molecule has 134 valence electrons. The number of nitrogens with one attached hydrogen (secondary N) is 1. The SMILES string of the molecule is COc1cc(C(C)NC(=O)c2ccccc2OC)ccc1OC(C)C. The van der Waals surface area contributed by atoms with Gasteiger partial charge in [-0.2, -0.15) is 0 Å². The van der Waals surface area contributed by atoms with E-state index in [1.165, 1.54) is 0 Å². The van der Waals surface area contributed by atoms with Crippen LogP contribution in [0.3, 0.4) is 0 Å². The maximum atomic E-state index is 12.5. The van der Waals surface area contributed by atoms with Gasteiger partial charge >= 0.3 is 0 Å². The van der Waals surface area contributed by atoms with Crippen LogP contribution in [0.4, 0.5) is 0 Å². The molecule has 1 amide bonds. The molecule has 5 nitrogen and oxygen atoms in total. The lowest BCUT2D eigenvalue weighted by atomic mass is 10.1. The summed E-state index contributed by atoms with van der Waals surface area (Å²) < 4.78 is 16.4. The first-order valence-corrected chi connectivity index (χ1v) is 8.24. The van der Waals surface area contributed by atoms with Crippen LogP contribution >= 0.6 is 0 Å². The summed E-state index contributed by atoms with van der Waals surface area (Å²) in [5.74, 6) is 1.69. The number of rotatable bonds is 7. The second-order valence-corrected chi connectivity index (χ2v) is 5.97. The number of hydrogen-bond acceptors (Lipinski definition) is 4. The Labute approximate surface area is 148 Å². The van der Waals surface area contributed by atoms with Gasteiger partial charge in [0.1, 0.15) is 5.75 Å². The van der Waals surface area contributed by atoms with Gasteiger partial charge in [0.2, 0.25) is 0 Å². The van der Waals surface area contributed by atoms with Gasteiger partial charge < -0.3 is 19.5 Å². The lowest BCUT2D eigenvalue weighted by Gasteiger charge is -2.18. The van der Waals surface area contributed by atoms with Crippen LogP contribution in [0.1, 0.15) is 42.7 Å². The molecule has 0 saturated carbocycles. The molecule has 2 aromatic rings. The molecule has 0 aromatic heterocycles. The summed E-state index contributed by atoms with van der Waals surface area (Å²) >= 11 is 0. The molecule has 0 aliphatic rings. The van der Waals surface area contributed by atoms with E-state index in [4.69, 9.17) is 14.2 Å². The van der Waals surface area contributed by atoms with E-state index in [9.17, 15) is 4.79 Å². The number of hydrogen-bond donors (Lipinski definition) is 1. The van der Waals surface area contributed by atoms with E-state index in [2.05, 4.69) is 5.32 Å². The summed E-state index contributed by atoms with van der Waals surface area (Å²) in [5.41, 5.74) is 1.43. The van der Waals surface area contributed by atoms with Crippen molar-refractivity contribution >= 4 is 5.91 Å². The second kappa shape index (κ2) is 8.42. The molecular formula is C20H25NO4. The molecule has 0 spiro atoms. The molecule has 0 saturated heterocycles. The number of benzene rings is 2. The van der Waals surface area contributed by atoms with Crippen molar-refractivity contribution in [2.24, 2.45) is 0 Å². The van der Waals surface area contributed by atoms with Crippen LogP contribution in [-0.2, 0) is 0 Å². The molecule has 0 fully saturated rings. The third-order valence-electron chi connectivity index (χ3n) is 3.75. The van der Waals surface area contributed by atoms with Crippen LogP contribution in [0.2, 0.25) is 0 Å². The molecule has 0 heterocycles. The third-order valence-corrected chi connectivity index (χ3v) is 3.75. The fourth-order valence-corrected chi connectivity index (χ4v) is 2.49. The highest BCUT2D eigenvalue weighted by molar-refractivity contribution is 5.97. The minimum Gasteiger partial charge on any atom is -0.496 e. The Morgan fingerprint density at radius 2 is 1.60 bits per heavy atom. The Hall–Kier alpha value is -2.69. The van der Waals surface area contributed by atoms with E-state index < -0.39 is 0 Å². The monoisotopic (exact) mass is 343 g/mol. The molecular weight excluding hydrogens is 318 g/mol. The normalized spacial score (nSPS) is 11.8. The summed E-state index contributed by atoms with van der Waals surface area (Å²) in [6.07, 6.45) is 0.0578. The van der Waals surface area contributed by atoms with E-state index in [-0.39, 0.29) is 18.1 Å². The standard InChI is InChI=1S/C20H25NO4/c1-13(2)25-18-11-10-15(12-19(18)24-5)14(3)21-20(22)16-8-6-7-9-17(16)23-4/h6-14H,1-5H3,(H,21,22). The number of amides is 1. The molecule has 1 N–H and O–H groups in total. The average molecular weight is 343 g/mol. The predicted molar refractivity (Wildman–Crippen MR) is 97.6 cm³/mol. The molecule has 0 bridgehead atoms. The zero-order valence-electron chi connectivity index (χ0n) is 15.3. The zero-order valence-corrected chi connectivity index (χ0v) is 15.3. The predicted octanol–water partition coefficient (Wildman–Crippen LogP) is 3.98. The van der Waals surface area contributed by atoms with Crippen molar-refractivity contribution in [2.75, 3.05) is 14.2 Å². The van der Waals surface area contributed by atoms with Crippen molar-refractivity contribution in [3.63, 3.8) is 0 Å². The Bertz CT molecular complexity index is 727. The van der Waals surface area contributed by atoms with E-state index in [0.717, 1.165) is 5.56 Å². The van der Waals surface area contributed by atoms with Crippen molar-refractivity contribution in [3.8, 4) is 17.2 Å². The molecule has 2 aromatic carbocycles. The summed E-state index contributed by atoms with van der Waals surface area (Å²) in [7, 11) is 3.15. The highest BCUT2D eigenvalue weighted by Crippen LogP contribution is 2.31. The van der Waals surface area contributed by atoms with Crippen LogP contribution in [0.5, 0.6) is 17.2 Å². The lowest BCUT2D eigenvalue weighted by molar-refractivity contribution is 0.0937. The molecule has 0 radical (unpaired) electrons. The molecule has 25 heavy (non-hydrogen) atoms. The van der Waals surface area contributed by atoms with Crippen LogP contribution in [0.25, 0.3) is 0 Å². The fourth-order valence-electron chi connectivity index (χ4n) is 2.49. The maximum absolute atomic E-state index is 12.5. The van der Waals surface area contributed by atoms with Gasteiger partial charge in [0.05, 0.1) is 31.9 Å². The zero-order chi connectivity index (χ0) is 18.4. The van der Waals surface area contributed by atoms with Crippen LogP contribution < -0.4 is 19.5 Å². The van der Waals surface area contributed by atoms with Gasteiger partial charge in [-0.05, 0) is 50.6 Å². The Morgan fingerprint density at radius 1 is 0.920 bits per heavy atom. The first-order chi connectivity index (χ1) is 12.0. The molecule has 1 unspecified atom stereocenters. The lowest BCUT2D eigenvalue weighted by Crippen LogP contribution is -2.27. The van der Waals surface area contributed by atoms with E-state index >= 15 is 0 Å². The number of para-hydroxylation sites is 1. The van der Waals surface area contributed by atoms with Gasteiger partial charge in [-0.1, -0.05) is 18.2 Å². The summed E-state index contributed by atoms with van der Waals surface area (Å²) in [6, 6.07) is 12.6. The number of carbonyl (C=O) groups excluding carboxylic acids is 1. The van der Waals surface area contributed by atoms with Gasteiger partial charge in [0, 0.05) is 0 Å². The summed E-state index contributed by atoms with van der Waals surface area (Å²) in [4.78, 5) is 12.5. The maximum Gasteiger partial charge on any atom is 0.255 e. The third kappa shape index (κ3) is 4.66. The van der Waals surface area contributed by atoms with Gasteiger partial charge in [-0.25, -0.2) is 0 Å². The minimum atomic E-state index is -0.195. The van der Waals surface area contributed by atoms with Crippen LogP contribution in [0, 0.1) is 0 Å². The van der Waals surface area contributed by atoms with Crippen molar-refractivity contribution in [2.45, 2.75) is 32.9 Å². The fraction of sp³-hybridized carbons (Fsp3) is 0.350. The Balaban J connectivity index is 2.17. The smallest absolute Gasteiger partial charge is 0.255 e. The largest absolute Gasteiger partial charge is 0.496 e. The van der Waals surface area contributed by atoms with Gasteiger partial charge in [-0.3, -0.25) is 4.79 Å². The van der Waals surface area contributed by atoms with Crippen LogP contribution in [-0.4, -0.2) is 26.2 Å². The minimum absolute atomic E-state index is 0.0578. The van der Waals surface area contributed by atoms with Crippen molar-refractivity contribution in [1.82, 2.24) is 5.32 Å². The number of methoxy groups -OCH3 is 2. The Kier molecular flexibility index (Phi) is 6.28. The molecule has 2 rings (SSSR count). The number of carbonyl (C=O) groups is 1. The van der Waals surface area contributed by atoms with Crippen molar-refractivity contribution in [1.29, 1.82) is 0 Å². The van der Waals surface area contributed by atoms with Gasteiger partial charge in [0.25, 0.3) is 5.91 Å². The van der Waals surface area contributed by atoms with Gasteiger partial charge in [-0.15, -0.1) is 0 Å². The molecule has 0 aliphatic heterocycles. The van der Waals surface area contributed by atoms with E-state index in [1.54, 1.807) is 26.4 Å². The topological polar surface area (TPSA) is 56.8 Å². The highest BCUT2D eigenvalue weighted by Gasteiger charge is 2.17. The summed E-state index contributed by atoms with van der Waals surface area (Å²) in [6.45, 7) is 5.85. The quantitative estimate of drug-likeness (QED) is 0.826. The van der Waals surface area contributed by atoms with E-state index in [0.29, 0.717) is 22.8 Å². The summed E-state index contributed by atoms with van der Waals surface area (Å²) in [5, 5.41) is 2.98. The molecule has 5 heteroatoms. The first kappa shape index (κ1) is 18.6. The van der Waals surface area contributed by atoms with Gasteiger partial charge in [0.15, 0.2) is 11.5 Å². The average Bonchev–Trinajstić information content (AvgIpc) is 2.61. The van der Waals surface area contributed by atoms with Crippen molar-refractivity contribution in [3.05, 3.63) is 53.6 Å². The second-order valence-electron chi connectivity index (χ2n) is 5.97. The van der Waals surface area contributed by atoms with Crippen molar-refractivity contribution < 1.29 is 19.0 Å². The van der Waals surface area contributed by atoms with E-state index in [1.807, 2.05) is 51.1 Å². The first-order valence-electron chi connectivity index (χ1n) is 8.24.